The van der Waals surface area contributed by atoms with E-state index in [4.69, 9.17) is 11.6 Å². The van der Waals surface area contributed by atoms with E-state index < -0.39 is 0 Å². The molecule has 2 rings (SSSR count). The summed E-state index contributed by atoms with van der Waals surface area (Å²) in [4.78, 5) is 0. The minimum absolute atomic E-state index is 0.739. The molecule has 0 aromatic heterocycles. The lowest BCUT2D eigenvalue weighted by atomic mass is 10.1. The third kappa shape index (κ3) is 3.11. The molecule has 0 radical (unpaired) electrons. The molecule has 0 amide bonds. The number of benzene rings is 2. The summed E-state index contributed by atoms with van der Waals surface area (Å²) < 4.78 is 0. The number of hydrogen-bond donors (Lipinski definition) is 0. The Bertz CT molecular complexity index is 532. The minimum Gasteiger partial charge on any atom is -0.268 e. The molecule has 0 fully saturated rings. The van der Waals surface area contributed by atoms with Crippen LogP contribution in [0, 0.1) is 0 Å². The van der Waals surface area contributed by atoms with E-state index in [9.17, 15) is 0 Å². The molecule has 0 unspecified atom stereocenters. The first kappa shape index (κ1) is 12.7. The fourth-order valence-corrected chi connectivity index (χ4v) is 1.80. The molecule has 0 atom stereocenters. The van der Waals surface area contributed by atoms with Gasteiger partial charge in [-0.2, -0.15) is 5.10 Å². The lowest BCUT2D eigenvalue weighted by molar-refractivity contribution is 1.01. The van der Waals surface area contributed by atoms with E-state index in [0.717, 1.165) is 22.0 Å². The van der Waals surface area contributed by atoms with Crippen molar-refractivity contribution in [3.8, 4) is 0 Å². The molecule has 3 heteroatoms. The van der Waals surface area contributed by atoms with Crippen LogP contribution < -0.4 is 5.01 Å². The molecule has 0 heterocycles. The molecule has 0 saturated carbocycles. The summed E-state index contributed by atoms with van der Waals surface area (Å²) in [6, 6.07) is 17.7. The molecule has 2 nitrogen and oxygen atoms in total. The van der Waals surface area contributed by atoms with E-state index in [1.807, 2.05) is 73.6 Å². The van der Waals surface area contributed by atoms with Crippen LogP contribution in [0.3, 0.4) is 0 Å². The summed E-state index contributed by atoms with van der Waals surface area (Å²) in [5, 5.41) is 7.16. The van der Waals surface area contributed by atoms with Crippen LogP contribution in [-0.4, -0.2) is 12.8 Å². The highest BCUT2D eigenvalue weighted by atomic mass is 35.5. The number of nitrogens with zero attached hydrogens (tertiary/aromatic N) is 2. The molecule has 2 aromatic rings. The average molecular weight is 259 g/mol. The van der Waals surface area contributed by atoms with Crippen LogP contribution in [-0.2, 0) is 0 Å². The van der Waals surface area contributed by atoms with Crippen LogP contribution in [0.25, 0.3) is 0 Å². The number of hydrazone groups is 1. The maximum Gasteiger partial charge on any atom is 0.0650 e. The van der Waals surface area contributed by atoms with Gasteiger partial charge in [0.1, 0.15) is 0 Å². The van der Waals surface area contributed by atoms with Gasteiger partial charge < -0.3 is 0 Å². The van der Waals surface area contributed by atoms with Crippen molar-refractivity contribution in [3.05, 3.63) is 65.2 Å². The molecule has 0 saturated heterocycles. The largest absolute Gasteiger partial charge is 0.268 e. The number of halogens is 1. The Morgan fingerprint density at radius 3 is 2.22 bits per heavy atom. The quantitative estimate of drug-likeness (QED) is 0.595. The van der Waals surface area contributed by atoms with Crippen molar-refractivity contribution < 1.29 is 0 Å². The van der Waals surface area contributed by atoms with E-state index >= 15 is 0 Å². The van der Waals surface area contributed by atoms with Crippen molar-refractivity contribution in [2.24, 2.45) is 5.10 Å². The first-order chi connectivity index (χ1) is 8.66. The minimum atomic E-state index is 0.739. The molecule has 0 aliphatic heterocycles. The zero-order valence-electron chi connectivity index (χ0n) is 10.5. The van der Waals surface area contributed by atoms with Crippen LogP contribution in [0.5, 0.6) is 0 Å². The SMILES string of the molecule is C/C(=N\N(C)c1ccccc1)c1ccc(Cl)cc1. The van der Waals surface area contributed by atoms with E-state index in [0.29, 0.717) is 0 Å². The van der Waals surface area contributed by atoms with Crippen molar-refractivity contribution in [1.29, 1.82) is 0 Å². The summed E-state index contributed by atoms with van der Waals surface area (Å²) in [5.41, 5.74) is 3.09. The van der Waals surface area contributed by atoms with Gasteiger partial charge in [0.05, 0.1) is 11.4 Å². The van der Waals surface area contributed by atoms with Gasteiger partial charge in [0.2, 0.25) is 0 Å². The highest BCUT2D eigenvalue weighted by molar-refractivity contribution is 6.30. The van der Waals surface area contributed by atoms with Gasteiger partial charge in [-0.15, -0.1) is 0 Å². The summed E-state index contributed by atoms with van der Waals surface area (Å²) in [5.74, 6) is 0. The summed E-state index contributed by atoms with van der Waals surface area (Å²) >= 11 is 5.87. The predicted molar refractivity (Wildman–Crippen MR) is 78.5 cm³/mol. The molecule has 0 bridgehead atoms. The number of anilines is 1. The van der Waals surface area contributed by atoms with E-state index in [1.165, 1.54) is 0 Å². The van der Waals surface area contributed by atoms with Gasteiger partial charge in [0.25, 0.3) is 0 Å². The zero-order chi connectivity index (χ0) is 13.0. The van der Waals surface area contributed by atoms with Crippen LogP contribution in [0.15, 0.2) is 59.7 Å². The van der Waals surface area contributed by atoms with Crippen molar-refractivity contribution in [3.63, 3.8) is 0 Å². The van der Waals surface area contributed by atoms with Gasteiger partial charge in [-0.05, 0) is 36.8 Å². The third-order valence-electron chi connectivity index (χ3n) is 2.69. The van der Waals surface area contributed by atoms with Gasteiger partial charge in [-0.1, -0.05) is 41.9 Å². The van der Waals surface area contributed by atoms with E-state index in [2.05, 4.69) is 5.10 Å². The van der Waals surface area contributed by atoms with Crippen molar-refractivity contribution in [1.82, 2.24) is 0 Å². The Kier molecular flexibility index (Phi) is 4.00. The first-order valence-corrected chi connectivity index (χ1v) is 6.14. The Morgan fingerprint density at radius 1 is 1.00 bits per heavy atom. The summed E-state index contributed by atoms with van der Waals surface area (Å²) in [7, 11) is 1.94. The molecule has 0 aliphatic rings. The van der Waals surface area contributed by atoms with Crippen molar-refractivity contribution in [2.45, 2.75) is 6.92 Å². The molecule has 0 N–H and O–H groups in total. The van der Waals surface area contributed by atoms with Gasteiger partial charge >= 0.3 is 0 Å². The van der Waals surface area contributed by atoms with Gasteiger partial charge in [-0.25, -0.2) is 0 Å². The fourth-order valence-electron chi connectivity index (χ4n) is 1.68. The topological polar surface area (TPSA) is 15.6 Å². The van der Waals surface area contributed by atoms with Gasteiger partial charge in [0.15, 0.2) is 0 Å². The Balaban J connectivity index is 2.20. The first-order valence-electron chi connectivity index (χ1n) is 5.77. The van der Waals surface area contributed by atoms with E-state index in [1.54, 1.807) is 0 Å². The molecular formula is C15H15ClN2. The number of hydrogen-bond acceptors (Lipinski definition) is 2. The maximum atomic E-state index is 5.87. The van der Waals surface area contributed by atoms with Crippen LogP contribution >= 0.6 is 11.6 Å². The smallest absolute Gasteiger partial charge is 0.0650 e. The zero-order valence-corrected chi connectivity index (χ0v) is 11.2. The molecule has 18 heavy (non-hydrogen) atoms. The van der Waals surface area contributed by atoms with Gasteiger partial charge in [0, 0.05) is 12.1 Å². The lowest BCUT2D eigenvalue weighted by Crippen LogP contribution is -2.12. The molecule has 2 aromatic carbocycles. The second kappa shape index (κ2) is 5.69. The molecular weight excluding hydrogens is 244 g/mol. The standard InChI is InChI=1S/C15H15ClN2/c1-12(13-8-10-14(16)11-9-13)17-18(2)15-6-4-3-5-7-15/h3-11H,1-2H3/b17-12+. The van der Waals surface area contributed by atoms with Crippen LogP contribution in [0.2, 0.25) is 5.02 Å². The monoisotopic (exact) mass is 258 g/mol. The molecule has 0 aliphatic carbocycles. The van der Waals surface area contributed by atoms with Crippen LogP contribution in [0.4, 0.5) is 5.69 Å². The fraction of sp³-hybridized carbons (Fsp3) is 0.133. The maximum absolute atomic E-state index is 5.87. The third-order valence-corrected chi connectivity index (χ3v) is 2.94. The average Bonchev–Trinajstić information content (AvgIpc) is 2.40. The molecule has 0 spiro atoms. The van der Waals surface area contributed by atoms with Crippen molar-refractivity contribution in [2.75, 3.05) is 12.1 Å². The van der Waals surface area contributed by atoms with Crippen LogP contribution in [0.1, 0.15) is 12.5 Å². The Labute approximate surface area is 113 Å². The van der Waals surface area contributed by atoms with Crippen molar-refractivity contribution >= 4 is 23.0 Å². The number of rotatable bonds is 3. The Hall–Kier alpha value is -1.80. The van der Waals surface area contributed by atoms with Gasteiger partial charge in [-0.3, -0.25) is 5.01 Å². The summed E-state index contributed by atoms with van der Waals surface area (Å²) in [6.45, 7) is 1.99. The second-order valence-corrected chi connectivity index (χ2v) is 4.49. The lowest BCUT2D eigenvalue weighted by Gasteiger charge is -2.14. The summed E-state index contributed by atoms with van der Waals surface area (Å²) in [6.07, 6.45) is 0. The normalized spacial score (nSPS) is 11.4. The highest BCUT2D eigenvalue weighted by Crippen LogP contribution is 2.14. The second-order valence-electron chi connectivity index (χ2n) is 4.05. The highest BCUT2D eigenvalue weighted by Gasteiger charge is 2.01. The predicted octanol–water partition coefficient (Wildman–Crippen LogP) is 4.20. The number of para-hydroxylation sites is 1. The van der Waals surface area contributed by atoms with E-state index in [-0.39, 0.29) is 0 Å². The Morgan fingerprint density at radius 2 is 1.61 bits per heavy atom. The molecule has 92 valence electrons.